The van der Waals surface area contributed by atoms with E-state index in [-0.39, 0.29) is 35.5 Å². The Bertz CT molecular complexity index is 1280. The molecule has 0 spiro atoms. The second-order valence-electron chi connectivity index (χ2n) is 9.17. The number of sulfonamides is 1. The van der Waals surface area contributed by atoms with Crippen LogP contribution < -0.4 is 0 Å². The van der Waals surface area contributed by atoms with Crippen molar-refractivity contribution in [1.82, 2.24) is 4.31 Å². The summed E-state index contributed by atoms with van der Waals surface area (Å²) in [5, 5.41) is 0. The van der Waals surface area contributed by atoms with Gasteiger partial charge in [0.2, 0.25) is 10.0 Å². The number of hydrogen-bond acceptors (Lipinski definition) is 4. The van der Waals surface area contributed by atoms with Crippen LogP contribution in [0.5, 0.6) is 0 Å². The molecule has 1 aliphatic rings. The van der Waals surface area contributed by atoms with Crippen LogP contribution in [0.4, 0.5) is 0 Å². The van der Waals surface area contributed by atoms with Gasteiger partial charge in [0.25, 0.3) is 0 Å². The van der Waals surface area contributed by atoms with E-state index in [1.54, 1.807) is 72.8 Å². The lowest BCUT2D eigenvalue weighted by Gasteiger charge is -2.28. The molecule has 35 heavy (non-hydrogen) atoms. The Labute approximate surface area is 207 Å². The highest BCUT2D eigenvalue weighted by atomic mass is 32.2. The molecule has 0 unspecified atom stereocenters. The zero-order valence-corrected chi connectivity index (χ0v) is 20.7. The summed E-state index contributed by atoms with van der Waals surface area (Å²) < 4.78 is 28.0. The van der Waals surface area contributed by atoms with Crippen LogP contribution in [-0.4, -0.2) is 37.4 Å². The van der Waals surface area contributed by atoms with Crippen molar-refractivity contribution in [3.8, 4) is 0 Å². The van der Waals surface area contributed by atoms with Crippen molar-refractivity contribution < 1.29 is 18.0 Å². The van der Waals surface area contributed by atoms with Crippen molar-refractivity contribution in [3.63, 3.8) is 0 Å². The van der Waals surface area contributed by atoms with E-state index in [0.717, 1.165) is 5.56 Å². The predicted octanol–water partition coefficient (Wildman–Crippen LogP) is 5.19. The fraction of sp³-hybridized carbons (Fsp3) is 0.241. The highest BCUT2D eigenvalue weighted by Crippen LogP contribution is 2.37. The second kappa shape index (κ2) is 10.1. The lowest BCUT2D eigenvalue weighted by molar-refractivity contribution is 0.0734. The van der Waals surface area contributed by atoms with Gasteiger partial charge in [-0.3, -0.25) is 9.59 Å². The maximum absolute atomic E-state index is 13.6. The molecule has 0 saturated carbocycles. The first kappa shape index (κ1) is 24.8. The fourth-order valence-corrected chi connectivity index (χ4v) is 6.20. The molecule has 0 aromatic heterocycles. The Hall–Kier alpha value is -3.35. The van der Waals surface area contributed by atoms with Crippen LogP contribution in [-0.2, 0) is 10.0 Å². The van der Waals surface area contributed by atoms with Gasteiger partial charge >= 0.3 is 0 Å². The number of rotatable bonds is 8. The molecule has 1 saturated heterocycles. The van der Waals surface area contributed by atoms with Gasteiger partial charge in [-0.1, -0.05) is 97.4 Å². The summed E-state index contributed by atoms with van der Waals surface area (Å²) >= 11 is 0. The Kier molecular flexibility index (Phi) is 7.15. The van der Waals surface area contributed by atoms with Crippen LogP contribution in [0.1, 0.15) is 33.2 Å². The summed E-state index contributed by atoms with van der Waals surface area (Å²) in [5.74, 6) is -2.26. The number of aryl methyl sites for hydroxylation is 1. The van der Waals surface area contributed by atoms with Gasteiger partial charge < -0.3 is 0 Å². The Morgan fingerprint density at radius 2 is 1.34 bits per heavy atom. The van der Waals surface area contributed by atoms with Gasteiger partial charge in [-0.05, 0) is 30.9 Å². The molecule has 6 heteroatoms. The SMILES string of the molecule is C=C1CN(S(=O)(=O)c2ccc(C)cc2)C[C@H]1[C@@H](C)C(C(=O)c1ccccc1)C(=O)c1ccccc1. The Morgan fingerprint density at radius 1 is 0.857 bits per heavy atom. The predicted molar refractivity (Wildman–Crippen MR) is 137 cm³/mol. The number of benzene rings is 3. The summed E-state index contributed by atoms with van der Waals surface area (Å²) in [7, 11) is -3.72. The third-order valence-corrected chi connectivity index (χ3v) is 8.63. The molecule has 3 aromatic rings. The molecule has 5 nitrogen and oxygen atoms in total. The summed E-state index contributed by atoms with van der Waals surface area (Å²) in [4.78, 5) is 27.5. The van der Waals surface area contributed by atoms with Gasteiger partial charge in [0, 0.05) is 24.2 Å². The molecule has 0 amide bonds. The maximum Gasteiger partial charge on any atom is 0.243 e. The molecular weight excluding hydrogens is 458 g/mol. The number of Topliss-reactive ketones (excluding diaryl/α,β-unsaturated/α-hetero) is 2. The molecule has 0 bridgehead atoms. The van der Waals surface area contributed by atoms with E-state index in [1.165, 1.54) is 4.31 Å². The standard InChI is InChI=1S/C29H29NO4S/c1-20-14-16-25(17-15-20)35(33,34)30-18-21(2)26(19-30)22(3)27(28(31)23-10-6-4-7-11-23)29(32)24-12-8-5-9-13-24/h4-17,22,26-27H,2,18-19H2,1,3H3/t22-,26-/m1/s1. The van der Waals surface area contributed by atoms with Crippen molar-refractivity contribution in [1.29, 1.82) is 0 Å². The van der Waals surface area contributed by atoms with Crippen molar-refractivity contribution in [3.05, 3.63) is 114 Å². The van der Waals surface area contributed by atoms with Crippen molar-refractivity contribution in [2.24, 2.45) is 17.8 Å². The minimum absolute atomic E-state index is 0.164. The molecule has 1 fully saturated rings. The molecule has 0 radical (unpaired) electrons. The van der Waals surface area contributed by atoms with E-state index < -0.39 is 21.9 Å². The smallest absolute Gasteiger partial charge is 0.243 e. The minimum Gasteiger partial charge on any atom is -0.293 e. The topological polar surface area (TPSA) is 71.5 Å². The average Bonchev–Trinajstić information content (AvgIpc) is 3.27. The summed E-state index contributed by atoms with van der Waals surface area (Å²) in [6.45, 7) is 8.24. The first-order valence-corrected chi connectivity index (χ1v) is 13.1. The minimum atomic E-state index is -3.72. The second-order valence-corrected chi connectivity index (χ2v) is 11.1. The molecule has 4 rings (SSSR count). The van der Waals surface area contributed by atoms with E-state index in [0.29, 0.717) is 16.7 Å². The summed E-state index contributed by atoms with van der Waals surface area (Å²) in [6, 6.07) is 24.3. The molecule has 3 aromatic carbocycles. The van der Waals surface area contributed by atoms with Crippen LogP contribution in [0.2, 0.25) is 0 Å². The monoisotopic (exact) mass is 487 g/mol. The lowest BCUT2D eigenvalue weighted by atomic mass is 9.74. The van der Waals surface area contributed by atoms with E-state index in [9.17, 15) is 18.0 Å². The Balaban J connectivity index is 1.65. The third-order valence-electron chi connectivity index (χ3n) is 6.80. The van der Waals surface area contributed by atoms with Crippen LogP contribution in [0.15, 0.2) is 102 Å². The zero-order valence-electron chi connectivity index (χ0n) is 19.9. The largest absolute Gasteiger partial charge is 0.293 e. The van der Waals surface area contributed by atoms with Crippen LogP contribution in [0, 0.1) is 24.7 Å². The maximum atomic E-state index is 13.6. The first-order valence-electron chi connectivity index (χ1n) is 11.6. The van der Waals surface area contributed by atoms with E-state index >= 15 is 0 Å². The quantitative estimate of drug-likeness (QED) is 0.249. The van der Waals surface area contributed by atoms with Crippen LogP contribution in [0.25, 0.3) is 0 Å². The highest BCUT2D eigenvalue weighted by molar-refractivity contribution is 7.89. The molecule has 1 aliphatic heterocycles. The molecule has 0 N–H and O–H groups in total. The number of carbonyl (C=O) groups is 2. The zero-order chi connectivity index (χ0) is 25.2. The number of nitrogens with zero attached hydrogens (tertiary/aromatic N) is 1. The molecule has 2 atom stereocenters. The van der Waals surface area contributed by atoms with Crippen LogP contribution >= 0.6 is 0 Å². The van der Waals surface area contributed by atoms with Crippen molar-refractivity contribution in [2.45, 2.75) is 18.7 Å². The third kappa shape index (κ3) is 5.04. The van der Waals surface area contributed by atoms with Gasteiger partial charge in [0.1, 0.15) is 0 Å². The van der Waals surface area contributed by atoms with Gasteiger partial charge in [-0.15, -0.1) is 0 Å². The summed E-state index contributed by atoms with van der Waals surface area (Å²) in [5.41, 5.74) is 2.60. The lowest BCUT2D eigenvalue weighted by Crippen LogP contribution is -2.36. The van der Waals surface area contributed by atoms with Gasteiger partial charge in [-0.25, -0.2) is 8.42 Å². The summed E-state index contributed by atoms with van der Waals surface area (Å²) in [6.07, 6.45) is 0. The number of hydrogen-bond donors (Lipinski definition) is 0. The van der Waals surface area contributed by atoms with Gasteiger partial charge in [0.15, 0.2) is 11.6 Å². The number of carbonyl (C=O) groups excluding carboxylic acids is 2. The van der Waals surface area contributed by atoms with E-state index in [2.05, 4.69) is 6.58 Å². The van der Waals surface area contributed by atoms with Gasteiger partial charge in [0.05, 0.1) is 10.8 Å². The molecule has 1 heterocycles. The Morgan fingerprint density at radius 3 is 1.83 bits per heavy atom. The van der Waals surface area contributed by atoms with Crippen molar-refractivity contribution >= 4 is 21.6 Å². The normalized spacial score (nSPS) is 17.5. The van der Waals surface area contributed by atoms with E-state index in [4.69, 9.17) is 0 Å². The van der Waals surface area contributed by atoms with Crippen LogP contribution in [0.3, 0.4) is 0 Å². The highest BCUT2D eigenvalue weighted by Gasteiger charge is 2.43. The average molecular weight is 488 g/mol. The van der Waals surface area contributed by atoms with E-state index in [1.807, 2.05) is 26.0 Å². The molecule has 0 aliphatic carbocycles. The van der Waals surface area contributed by atoms with Gasteiger partial charge in [-0.2, -0.15) is 4.31 Å². The van der Waals surface area contributed by atoms with Crippen molar-refractivity contribution in [2.75, 3.05) is 13.1 Å². The molecule has 180 valence electrons. The number of ketones is 2. The fourth-order valence-electron chi connectivity index (χ4n) is 4.73. The molecular formula is C29H29NO4S. The first-order chi connectivity index (χ1) is 16.7.